The molecule has 3 aromatic rings. The van der Waals surface area contributed by atoms with E-state index in [1.807, 2.05) is 29.8 Å². The summed E-state index contributed by atoms with van der Waals surface area (Å²) in [6.07, 6.45) is 10.1. The number of allylic oxidation sites excluding steroid dienone is 1. The van der Waals surface area contributed by atoms with E-state index in [0.717, 1.165) is 84.3 Å². The number of rotatable bonds is 14. The van der Waals surface area contributed by atoms with Crippen LogP contribution in [0.4, 0.5) is 5.69 Å². The maximum atomic E-state index is 14.0. The predicted molar refractivity (Wildman–Crippen MR) is 248 cm³/mol. The minimum atomic E-state index is -0.412. The molecule has 11 heteroatoms. The quantitative estimate of drug-likeness (QED) is 0.148. The zero-order chi connectivity index (χ0) is 44.8. The molecule has 6 aliphatic heterocycles. The maximum Gasteiger partial charge on any atom is 0.306 e. The Morgan fingerprint density at radius 1 is 0.703 bits per heavy atom. The predicted octanol–water partition coefficient (Wildman–Crippen LogP) is 9.78. The molecule has 11 nitrogen and oxygen atoms in total. The number of methoxy groups -OCH3 is 2. The van der Waals surface area contributed by atoms with Gasteiger partial charge in [-0.25, -0.2) is 0 Å². The fraction of sp³-hybridized carbons (Fsp3) is 0.509. The second kappa shape index (κ2) is 18.2. The highest BCUT2D eigenvalue weighted by Crippen LogP contribution is 2.56. The summed E-state index contributed by atoms with van der Waals surface area (Å²) < 4.78 is 16.5. The lowest BCUT2D eigenvalue weighted by Crippen LogP contribution is -2.45. The molecule has 2 amide bonds. The van der Waals surface area contributed by atoms with Crippen LogP contribution in [0.3, 0.4) is 0 Å². The third kappa shape index (κ3) is 8.13. The highest BCUT2D eigenvalue weighted by atomic mass is 16.5. The van der Waals surface area contributed by atoms with Gasteiger partial charge in [0.2, 0.25) is 11.8 Å². The summed E-state index contributed by atoms with van der Waals surface area (Å²) in [5, 5.41) is 0. The second-order valence-corrected chi connectivity index (χ2v) is 19.1. The Balaban J connectivity index is 0.898. The molecule has 0 N–H and O–H groups in total. The molecule has 0 aromatic heterocycles. The SMILES string of the molecule is CCC(C)[C@H](CC(=O)OC)C(=O)N1CCCC1C1=Nc2ccc(-c3ccc(-c4ccc(C5=CN=C([C@@H]6CCCN6C(=O)[C@@H](CC(=O)OC)C(C)C)C5)cc4)c4c3C3CCC4O3)cc2C1. The van der Waals surface area contributed by atoms with Crippen molar-refractivity contribution in [1.29, 1.82) is 0 Å². The number of fused-ring (bicyclic) bond motifs is 6. The van der Waals surface area contributed by atoms with Crippen molar-refractivity contribution in [2.75, 3.05) is 27.3 Å². The van der Waals surface area contributed by atoms with Gasteiger partial charge >= 0.3 is 11.9 Å². The van der Waals surface area contributed by atoms with Gasteiger partial charge in [-0.2, -0.15) is 0 Å². The first-order valence-corrected chi connectivity index (χ1v) is 23.6. The van der Waals surface area contributed by atoms with Crippen LogP contribution in [-0.2, 0) is 39.8 Å². The van der Waals surface area contributed by atoms with Gasteiger partial charge in [-0.1, -0.05) is 76.6 Å². The fourth-order valence-corrected chi connectivity index (χ4v) is 11.3. The second-order valence-electron chi connectivity index (χ2n) is 19.1. The first-order valence-electron chi connectivity index (χ1n) is 23.6. The lowest BCUT2D eigenvalue weighted by atomic mass is 9.81. The molecule has 9 rings (SSSR count). The third-order valence-corrected chi connectivity index (χ3v) is 15.1. The number of amides is 2. The van der Waals surface area contributed by atoms with E-state index in [4.69, 9.17) is 24.2 Å². The molecule has 4 unspecified atom stereocenters. The van der Waals surface area contributed by atoms with Crippen LogP contribution in [0.5, 0.6) is 0 Å². The summed E-state index contributed by atoms with van der Waals surface area (Å²) in [5.74, 6) is -1.36. The molecule has 2 bridgehead atoms. The van der Waals surface area contributed by atoms with E-state index < -0.39 is 11.8 Å². The third-order valence-electron chi connectivity index (χ3n) is 15.1. The first kappa shape index (κ1) is 43.8. The Kier molecular flexibility index (Phi) is 12.5. The Labute approximate surface area is 377 Å². The highest BCUT2D eigenvalue weighted by Gasteiger charge is 2.43. The topological polar surface area (TPSA) is 127 Å². The smallest absolute Gasteiger partial charge is 0.306 e. The van der Waals surface area contributed by atoms with Gasteiger partial charge in [-0.3, -0.25) is 29.2 Å². The number of hydrogen-bond acceptors (Lipinski definition) is 9. The lowest BCUT2D eigenvalue weighted by Gasteiger charge is -2.31. The van der Waals surface area contributed by atoms with Crippen LogP contribution in [0.15, 0.2) is 70.8 Å². The summed E-state index contributed by atoms with van der Waals surface area (Å²) in [7, 11) is 2.76. The summed E-state index contributed by atoms with van der Waals surface area (Å²) >= 11 is 0. The van der Waals surface area contributed by atoms with Gasteiger partial charge in [-0.05, 0) is 113 Å². The van der Waals surface area contributed by atoms with Crippen molar-refractivity contribution in [1.82, 2.24) is 9.80 Å². The molecule has 336 valence electrons. The van der Waals surface area contributed by atoms with Crippen LogP contribution in [-0.4, -0.2) is 84.4 Å². The summed E-state index contributed by atoms with van der Waals surface area (Å²) in [5.41, 5.74) is 13.8. The van der Waals surface area contributed by atoms with Crippen LogP contribution in [0.2, 0.25) is 0 Å². The molecule has 64 heavy (non-hydrogen) atoms. The average molecular weight is 867 g/mol. The number of aliphatic imine (C=N–C) groups is 2. The van der Waals surface area contributed by atoms with E-state index in [9.17, 15) is 19.2 Å². The number of nitrogens with zero attached hydrogens (tertiary/aromatic N) is 4. The van der Waals surface area contributed by atoms with Crippen LogP contribution < -0.4 is 0 Å². The molecule has 0 saturated carbocycles. The number of hydrogen-bond donors (Lipinski definition) is 0. The Bertz CT molecular complexity index is 2430. The molecular weight excluding hydrogens is 805 g/mol. The highest BCUT2D eigenvalue weighted by molar-refractivity contribution is 6.04. The molecule has 0 aliphatic carbocycles. The Morgan fingerprint density at radius 3 is 1.88 bits per heavy atom. The van der Waals surface area contributed by atoms with Crippen LogP contribution in [0, 0.1) is 23.7 Å². The summed E-state index contributed by atoms with van der Waals surface area (Å²) in [6, 6.07) is 19.8. The van der Waals surface area contributed by atoms with Crippen molar-refractivity contribution < 1.29 is 33.4 Å². The van der Waals surface area contributed by atoms with Gasteiger partial charge in [0.15, 0.2) is 0 Å². The minimum Gasteiger partial charge on any atom is -0.469 e. The van der Waals surface area contributed by atoms with Gasteiger partial charge in [0, 0.05) is 43.6 Å². The van der Waals surface area contributed by atoms with Gasteiger partial charge in [-0.15, -0.1) is 0 Å². The molecule has 3 fully saturated rings. The van der Waals surface area contributed by atoms with Crippen molar-refractivity contribution in [3.63, 3.8) is 0 Å². The van der Waals surface area contributed by atoms with Crippen LogP contribution >= 0.6 is 0 Å². The number of benzene rings is 3. The molecular formula is C53H62N4O7. The van der Waals surface area contributed by atoms with Crippen molar-refractivity contribution >= 4 is 46.4 Å². The zero-order valence-corrected chi connectivity index (χ0v) is 38.2. The van der Waals surface area contributed by atoms with Crippen LogP contribution in [0.25, 0.3) is 27.8 Å². The molecule has 0 radical (unpaired) electrons. The summed E-state index contributed by atoms with van der Waals surface area (Å²) in [4.78, 5) is 66.2. The molecule has 7 atom stereocenters. The lowest BCUT2D eigenvalue weighted by molar-refractivity contribution is -0.148. The van der Waals surface area contributed by atoms with Crippen LogP contribution in [0.1, 0.15) is 126 Å². The molecule has 3 aromatic carbocycles. The van der Waals surface area contributed by atoms with Crippen molar-refractivity contribution in [2.24, 2.45) is 33.7 Å². The number of carbonyl (C=O) groups excluding carboxylic acids is 4. The van der Waals surface area contributed by atoms with Gasteiger partial charge in [0.25, 0.3) is 0 Å². The van der Waals surface area contributed by atoms with Gasteiger partial charge in [0.05, 0.1) is 68.9 Å². The average Bonchev–Trinajstić information content (AvgIpc) is 4.18. The van der Waals surface area contributed by atoms with E-state index >= 15 is 0 Å². The largest absolute Gasteiger partial charge is 0.469 e. The van der Waals surface area contributed by atoms with Gasteiger partial charge in [0.1, 0.15) is 0 Å². The summed E-state index contributed by atoms with van der Waals surface area (Å²) in [6.45, 7) is 9.45. The normalized spacial score (nSPS) is 23.4. The van der Waals surface area contributed by atoms with E-state index in [1.54, 1.807) is 0 Å². The van der Waals surface area contributed by atoms with E-state index in [0.29, 0.717) is 25.9 Å². The monoisotopic (exact) mass is 866 g/mol. The molecule has 3 saturated heterocycles. The number of likely N-dealkylation sites (tertiary alicyclic amines) is 2. The maximum absolute atomic E-state index is 14.0. The van der Waals surface area contributed by atoms with E-state index in [2.05, 4.69) is 68.4 Å². The van der Waals surface area contributed by atoms with Crippen molar-refractivity contribution in [3.05, 3.63) is 83.1 Å². The number of esters is 2. The number of carbonyl (C=O) groups is 4. The molecule has 6 heterocycles. The Hall–Kier alpha value is -5.42. The van der Waals surface area contributed by atoms with Crippen molar-refractivity contribution in [2.45, 2.75) is 123 Å². The van der Waals surface area contributed by atoms with E-state index in [1.165, 1.54) is 42.0 Å². The Morgan fingerprint density at radius 2 is 1.27 bits per heavy atom. The fourth-order valence-electron chi connectivity index (χ4n) is 11.3. The van der Waals surface area contributed by atoms with E-state index in [-0.39, 0.29) is 72.7 Å². The van der Waals surface area contributed by atoms with Gasteiger partial charge < -0.3 is 24.0 Å². The molecule has 6 aliphatic rings. The zero-order valence-electron chi connectivity index (χ0n) is 38.2. The molecule has 0 spiro atoms. The standard InChI is InChI=1S/C53H62N4O7/c1-7-31(4)40(28-49(59)63-6)53(61)57-23-9-11-45(57)43-25-35-24-34(16-19-41(35)55-43)38-18-17-37(50-46-20-21-47(64-46)51(38)50)33-14-12-32(13-15-33)36-26-42(54-29-36)44-10-8-22-56(44)52(60)39(30(2)3)27-48(58)62-5/h12-19,24,29-31,39-40,44-47H,7-11,20-23,25-28H2,1-6H3/t31?,39-,40-,44-,45?,46?,47?/m0/s1. The van der Waals surface area contributed by atoms with Crippen molar-refractivity contribution in [3.8, 4) is 22.3 Å². The first-order chi connectivity index (χ1) is 31.0. The minimum absolute atomic E-state index is 0.0185. The number of ether oxygens (including phenoxy) is 3.